The number of nitrogens with zero attached hydrogens (tertiary/aromatic N) is 3. The highest BCUT2D eigenvalue weighted by Gasteiger charge is 2.39. The summed E-state index contributed by atoms with van der Waals surface area (Å²) in [5.74, 6) is -0.178. The van der Waals surface area contributed by atoms with Crippen LogP contribution in [0.5, 0.6) is 0 Å². The maximum atomic E-state index is 13.0. The first kappa shape index (κ1) is 19.8. The second-order valence-corrected chi connectivity index (χ2v) is 10.5. The molecule has 0 saturated carbocycles. The lowest BCUT2D eigenvalue weighted by Gasteiger charge is -2.32. The van der Waals surface area contributed by atoms with Crippen molar-refractivity contribution in [2.75, 3.05) is 18.5 Å². The zero-order valence-corrected chi connectivity index (χ0v) is 17.2. The molecule has 28 heavy (non-hydrogen) atoms. The summed E-state index contributed by atoms with van der Waals surface area (Å²) in [6, 6.07) is 2.08. The summed E-state index contributed by atoms with van der Waals surface area (Å²) in [5, 5.41) is 10.3. The van der Waals surface area contributed by atoms with Gasteiger partial charge < -0.3 is 9.15 Å². The van der Waals surface area contributed by atoms with Crippen molar-refractivity contribution < 1.29 is 22.4 Å². The number of aromatic nitrogens is 2. The Labute approximate surface area is 171 Å². The van der Waals surface area contributed by atoms with Gasteiger partial charge in [0.15, 0.2) is 0 Å². The maximum absolute atomic E-state index is 13.0. The number of carbonyl (C=O) groups excluding carboxylic acids is 1. The van der Waals surface area contributed by atoms with Gasteiger partial charge in [0.25, 0.3) is 10.0 Å². The molecule has 2 atom stereocenters. The molecule has 2 aromatic rings. The van der Waals surface area contributed by atoms with Gasteiger partial charge in [-0.15, -0.1) is 16.4 Å². The number of anilines is 1. The number of halogens is 1. The molecule has 1 N–H and O–H groups in total. The minimum Gasteiger partial charge on any atom is -0.405 e. The number of hydrogen-bond donors (Lipinski definition) is 1. The number of carbonyl (C=O) groups is 1. The first-order valence-electron chi connectivity index (χ1n) is 8.98. The van der Waals surface area contributed by atoms with Crippen LogP contribution in [0.4, 0.5) is 6.01 Å². The molecule has 152 valence electrons. The standard InChI is InChI=1S/C16H19ClN4O5S2/c17-12-6-7-13(27-12)28(23,24)21-8-2-1-4-10(21)14(22)18-16-20-19-15(26-16)11-5-3-9-25-11/h6-7,10-11H,1-5,8-9H2,(H,18,20,22). The molecule has 0 bridgehead atoms. The second kappa shape index (κ2) is 8.07. The lowest BCUT2D eigenvalue weighted by atomic mass is 10.0. The Hall–Kier alpha value is -1.53. The van der Waals surface area contributed by atoms with Crippen molar-refractivity contribution in [3.8, 4) is 0 Å². The molecule has 4 heterocycles. The van der Waals surface area contributed by atoms with E-state index in [0.717, 1.165) is 30.6 Å². The number of sulfonamides is 1. The molecule has 12 heteroatoms. The van der Waals surface area contributed by atoms with Gasteiger partial charge in [-0.05, 0) is 37.8 Å². The third-order valence-corrected chi connectivity index (χ3v) is 8.35. The highest BCUT2D eigenvalue weighted by atomic mass is 35.5. The molecule has 4 rings (SSSR count). The van der Waals surface area contributed by atoms with E-state index in [-0.39, 0.29) is 22.9 Å². The number of rotatable bonds is 5. The average molecular weight is 447 g/mol. The molecular formula is C16H19ClN4O5S2. The summed E-state index contributed by atoms with van der Waals surface area (Å²) >= 11 is 6.86. The van der Waals surface area contributed by atoms with E-state index < -0.39 is 22.0 Å². The summed E-state index contributed by atoms with van der Waals surface area (Å²) in [5.41, 5.74) is 0. The molecule has 2 unspecified atom stereocenters. The van der Waals surface area contributed by atoms with Gasteiger partial charge in [-0.25, -0.2) is 8.42 Å². The van der Waals surface area contributed by atoms with Crippen LogP contribution in [0.2, 0.25) is 4.34 Å². The van der Waals surface area contributed by atoms with Crippen molar-refractivity contribution in [3.05, 3.63) is 22.4 Å². The Morgan fingerprint density at radius 2 is 2.11 bits per heavy atom. The summed E-state index contributed by atoms with van der Waals surface area (Å²) in [7, 11) is -3.82. The van der Waals surface area contributed by atoms with Gasteiger partial charge in [-0.2, -0.15) is 4.31 Å². The van der Waals surface area contributed by atoms with Crippen LogP contribution in [0, 0.1) is 0 Å². The van der Waals surface area contributed by atoms with Gasteiger partial charge in [0.1, 0.15) is 16.4 Å². The van der Waals surface area contributed by atoms with Crippen molar-refractivity contribution in [1.29, 1.82) is 0 Å². The molecule has 2 aliphatic rings. The lowest BCUT2D eigenvalue weighted by molar-refractivity contribution is -0.120. The third-order valence-electron chi connectivity index (χ3n) is 4.74. The van der Waals surface area contributed by atoms with Crippen LogP contribution >= 0.6 is 22.9 Å². The molecule has 9 nitrogen and oxygen atoms in total. The third kappa shape index (κ3) is 3.94. The Morgan fingerprint density at radius 3 is 2.82 bits per heavy atom. The van der Waals surface area contributed by atoms with Gasteiger partial charge in [0.2, 0.25) is 11.8 Å². The monoisotopic (exact) mass is 446 g/mol. The minimum absolute atomic E-state index is 0.0578. The number of thiophene rings is 1. The topological polar surface area (TPSA) is 115 Å². The second-order valence-electron chi connectivity index (χ2n) is 6.62. The molecule has 0 aromatic carbocycles. The van der Waals surface area contributed by atoms with Crippen molar-refractivity contribution in [3.63, 3.8) is 0 Å². The van der Waals surface area contributed by atoms with E-state index in [1.165, 1.54) is 16.4 Å². The summed E-state index contributed by atoms with van der Waals surface area (Å²) in [6.07, 6.45) is 3.29. The zero-order valence-electron chi connectivity index (χ0n) is 14.8. The molecule has 1 amide bonds. The van der Waals surface area contributed by atoms with Crippen molar-refractivity contribution in [1.82, 2.24) is 14.5 Å². The van der Waals surface area contributed by atoms with Crippen molar-refractivity contribution >= 4 is 44.9 Å². The number of piperidine rings is 1. The molecule has 0 radical (unpaired) electrons. The number of hydrogen-bond acceptors (Lipinski definition) is 8. The molecule has 0 aliphatic carbocycles. The molecule has 0 spiro atoms. The number of nitrogens with one attached hydrogen (secondary N) is 1. The van der Waals surface area contributed by atoms with Gasteiger partial charge in [0, 0.05) is 13.2 Å². The Bertz CT molecular complexity index is 954. The molecule has 2 aliphatic heterocycles. The van der Waals surface area contributed by atoms with Gasteiger partial charge in [0.05, 0.1) is 4.34 Å². The number of amides is 1. The molecular weight excluding hydrogens is 428 g/mol. The Balaban J connectivity index is 1.50. The van der Waals surface area contributed by atoms with E-state index >= 15 is 0 Å². The van der Waals surface area contributed by atoms with E-state index in [4.69, 9.17) is 20.8 Å². The fourth-order valence-corrected chi connectivity index (χ4v) is 6.65. The fourth-order valence-electron chi connectivity index (χ4n) is 3.38. The summed E-state index contributed by atoms with van der Waals surface area (Å²) in [4.78, 5) is 12.8. The first-order valence-corrected chi connectivity index (χ1v) is 11.6. The minimum atomic E-state index is -3.82. The van der Waals surface area contributed by atoms with Crippen LogP contribution in [0.3, 0.4) is 0 Å². The van der Waals surface area contributed by atoms with Crippen LogP contribution < -0.4 is 5.32 Å². The van der Waals surface area contributed by atoms with Crippen LogP contribution in [-0.4, -0.2) is 48.0 Å². The first-order chi connectivity index (χ1) is 13.4. The SMILES string of the molecule is O=C(Nc1nnc(C2CCCO2)o1)C1CCCCN1S(=O)(=O)c1ccc(Cl)s1. The Kier molecular flexibility index (Phi) is 5.70. The smallest absolute Gasteiger partial charge is 0.322 e. The fraction of sp³-hybridized carbons (Fsp3) is 0.562. The van der Waals surface area contributed by atoms with Gasteiger partial charge in [-0.3, -0.25) is 10.1 Å². The summed E-state index contributed by atoms with van der Waals surface area (Å²) in [6.45, 7) is 0.900. The van der Waals surface area contributed by atoms with Crippen molar-refractivity contribution in [2.24, 2.45) is 0 Å². The van der Waals surface area contributed by atoms with Crippen LogP contribution in [0.25, 0.3) is 0 Å². The van der Waals surface area contributed by atoms with E-state index in [9.17, 15) is 13.2 Å². The highest BCUT2D eigenvalue weighted by Crippen LogP contribution is 2.32. The van der Waals surface area contributed by atoms with Crippen LogP contribution in [-0.2, 0) is 19.6 Å². The largest absolute Gasteiger partial charge is 0.405 e. The summed E-state index contributed by atoms with van der Waals surface area (Å²) < 4.78 is 38.6. The quantitative estimate of drug-likeness (QED) is 0.750. The van der Waals surface area contributed by atoms with E-state index in [1.54, 1.807) is 0 Å². The molecule has 2 saturated heterocycles. The number of ether oxygens (including phenoxy) is 1. The predicted octanol–water partition coefficient (Wildman–Crippen LogP) is 2.82. The zero-order chi connectivity index (χ0) is 19.7. The van der Waals surface area contributed by atoms with Crippen LogP contribution in [0.1, 0.15) is 44.1 Å². The average Bonchev–Trinajstić information content (AvgIpc) is 3.43. The normalized spacial score (nSPS) is 23.8. The Morgan fingerprint density at radius 1 is 1.25 bits per heavy atom. The van der Waals surface area contributed by atoms with E-state index in [0.29, 0.717) is 29.7 Å². The van der Waals surface area contributed by atoms with E-state index in [2.05, 4.69) is 15.5 Å². The van der Waals surface area contributed by atoms with E-state index in [1.807, 2.05) is 0 Å². The molecule has 2 aromatic heterocycles. The van der Waals surface area contributed by atoms with Crippen LogP contribution in [0.15, 0.2) is 20.8 Å². The highest BCUT2D eigenvalue weighted by molar-refractivity contribution is 7.91. The predicted molar refractivity (Wildman–Crippen MR) is 102 cm³/mol. The van der Waals surface area contributed by atoms with Gasteiger partial charge >= 0.3 is 6.01 Å². The van der Waals surface area contributed by atoms with Gasteiger partial charge in [-0.1, -0.05) is 23.1 Å². The van der Waals surface area contributed by atoms with Crippen molar-refractivity contribution in [2.45, 2.75) is 48.5 Å². The lowest BCUT2D eigenvalue weighted by Crippen LogP contribution is -2.49. The maximum Gasteiger partial charge on any atom is 0.322 e. The molecule has 2 fully saturated rings.